The van der Waals surface area contributed by atoms with Crippen molar-refractivity contribution in [2.75, 3.05) is 18.4 Å². The Balaban J connectivity index is 1.58. The summed E-state index contributed by atoms with van der Waals surface area (Å²) in [6.45, 7) is 4.90. The van der Waals surface area contributed by atoms with Gasteiger partial charge >= 0.3 is 0 Å². The van der Waals surface area contributed by atoms with Crippen LogP contribution in [-0.2, 0) is 4.79 Å². The number of benzene rings is 2. The number of piperidine rings is 1. The van der Waals surface area contributed by atoms with Crippen LogP contribution >= 0.6 is 0 Å². The van der Waals surface area contributed by atoms with Crippen molar-refractivity contribution in [2.45, 2.75) is 26.7 Å². The number of carbonyl (C=O) groups excluding carboxylic acids is 2. The maximum absolute atomic E-state index is 13.8. The molecule has 1 fully saturated rings. The molecule has 136 valence electrons. The fourth-order valence-corrected chi connectivity index (χ4v) is 3.44. The molecule has 1 N–H and O–H groups in total. The molecule has 2 aromatic carbocycles. The summed E-state index contributed by atoms with van der Waals surface area (Å²) in [6, 6.07) is 12.0. The zero-order valence-corrected chi connectivity index (χ0v) is 15.1. The van der Waals surface area contributed by atoms with Gasteiger partial charge in [-0.05, 0) is 62.1 Å². The summed E-state index contributed by atoms with van der Waals surface area (Å²) in [5, 5.41) is 2.98. The second-order valence-corrected chi connectivity index (χ2v) is 6.91. The number of likely N-dealkylation sites (tertiary alicyclic amines) is 1. The molecule has 0 unspecified atom stereocenters. The van der Waals surface area contributed by atoms with Gasteiger partial charge in [0, 0.05) is 24.7 Å². The van der Waals surface area contributed by atoms with Crippen molar-refractivity contribution < 1.29 is 14.0 Å². The van der Waals surface area contributed by atoms with E-state index >= 15 is 0 Å². The number of rotatable bonds is 3. The number of amides is 2. The van der Waals surface area contributed by atoms with Gasteiger partial charge in [-0.2, -0.15) is 0 Å². The third-order valence-corrected chi connectivity index (χ3v) is 4.75. The quantitative estimate of drug-likeness (QED) is 0.908. The van der Waals surface area contributed by atoms with Crippen LogP contribution in [0.3, 0.4) is 0 Å². The molecule has 1 saturated heterocycles. The second kappa shape index (κ2) is 7.68. The fourth-order valence-electron chi connectivity index (χ4n) is 3.44. The molecule has 0 aliphatic carbocycles. The zero-order chi connectivity index (χ0) is 18.7. The summed E-state index contributed by atoms with van der Waals surface area (Å²) in [4.78, 5) is 26.6. The largest absolute Gasteiger partial charge is 0.339 e. The highest BCUT2D eigenvalue weighted by atomic mass is 19.1. The van der Waals surface area contributed by atoms with E-state index in [1.165, 1.54) is 12.1 Å². The number of aryl methyl sites for hydroxylation is 2. The first-order chi connectivity index (χ1) is 12.4. The Morgan fingerprint density at radius 1 is 1.04 bits per heavy atom. The maximum atomic E-state index is 13.8. The van der Waals surface area contributed by atoms with Crippen molar-refractivity contribution >= 4 is 17.5 Å². The molecule has 0 saturated carbocycles. The SMILES string of the molecule is Cc1cc(C)cc(NC(=O)C2CCN(C(=O)c3ccccc3F)CC2)c1. The third-order valence-electron chi connectivity index (χ3n) is 4.75. The second-order valence-electron chi connectivity index (χ2n) is 6.91. The Kier molecular flexibility index (Phi) is 5.35. The van der Waals surface area contributed by atoms with Gasteiger partial charge in [-0.3, -0.25) is 9.59 Å². The number of nitrogens with zero attached hydrogens (tertiary/aromatic N) is 1. The lowest BCUT2D eigenvalue weighted by atomic mass is 9.95. The van der Waals surface area contributed by atoms with E-state index in [4.69, 9.17) is 0 Å². The minimum atomic E-state index is -0.507. The zero-order valence-electron chi connectivity index (χ0n) is 15.1. The Morgan fingerprint density at radius 2 is 1.65 bits per heavy atom. The average molecular weight is 354 g/mol. The van der Waals surface area contributed by atoms with Crippen LogP contribution < -0.4 is 5.32 Å². The molecule has 5 heteroatoms. The van der Waals surface area contributed by atoms with Crippen molar-refractivity contribution in [3.63, 3.8) is 0 Å². The molecule has 26 heavy (non-hydrogen) atoms. The highest BCUT2D eigenvalue weighted by molar-refractivity contribution is 5.95. The van der Waals surface area contributed by atoms with Crippen molar-refractivity contribution in [3.05, 3.63) is 65.0 Å². The molecule has 0 bridgehead atoms. The van der Waals surface area contributed by atoms with Crippen LogP contribution in [0.5, 0.6) is 0 Å². The third kappa shape index (κ3) is 4.10. The van der Waals surface area contributed by atoms with Gasteiger partial charge in [0.1, 0.15) is 5.82 Å². The Hall–Kier alpha value is -2.69. The van der Waals surface area contributed by atoms with Crippen molar-refractivity contribution in [3.8, 4) is 0 Å². The van der Waals surface area contributed by atoms with E-state index < -0.39 is 5.82 Å². The summed E-state index contributed by atoms with van der Waals surface area (Å²) < 4.78 is 13.8. The van der Waals surface area contributed by atoms with Gasteiger partial charge < -0.3 is 10.2 Å². The van der Waals surface area contributed by atoms with Crippen molar-refractivity contribution in [1.82, 2.24) is 4.90 Å². The topological polar surface area (TPSA) is 49.4 Å². The summed E-state index contributed by atoms with van der Waals surface area (Å²) in [7, 11) is 0. The molecule has 0 atom stereocenters. The summed E-state index contributed by atoms with van der Waals surface area (Å²) in [5.74, 6) is -0.975. The molecule has 3 rings (SSSR count). The Bertz CT molecular complexity index is 806. The average Bonchev–Trinajstić information content (AvgIpc) is 2.61. The number of nitrogens with one attached hydrogen (secondary N) is 1. The first-order valence-corrected chi connectivity index (χ1v) is 8.87. The molecule has 2 aromatic rings. The van der Waals surface area contributed by atoms with E-state index in [1.54, 1.807) is 17.0 Å². The highest BCUT2D eigenvalue weighted by Crippen LogP contribution is 2.22. The first-order valence-electron chi connectivity index (χ1n) is 8.87. The molecule has 0 spiro atoms. The molecule has 4 nitrogen and oxygen atoms in total. The van der Waals surface area contributed by atoms with Crippen molar-refractivity contribution in [1.29, 1.82) is 0 Å². The molecule has 0 radical (unpaired) electrons. The van der Waals surface area contributed by atoms with Gasteiger partial charge in [0.25, 0.3) is 5.91 Å². The van der Waals surface area contributed by atoms with Crippen LogP contribution in [0.15, 0.2) is 42.5 Å². The van der Waals surface area contributed by atoms with E-state index in [2.05, 4.69) is 11.4 Å². The van der Waals surface area contributed by atoms with E-state index in [-0.39, 0.29) is 23.3 Å². The van der Waals surface area contributed by atoms with Gasteiger partial charge in [-0.15, -0.1) is 0 Å². The van der Waals surface area contributed by atoms with Gasteiger partial charge in [0.2, 0.25) is 5.91 Å². The minimum Gasteiger partial charge on any atom is -0.339 e. The lowest BCUT2D eigenvalue weighted by Gasteiger charge is -2.31. The molecule has 2 amide bonds. The smallest absolute Gasteiger partial charge is 0.256 e. The van der Waals surface area contributed by atoms with E-state index in [0.717, 1.165) is 16.8 Å². The Morgan fingerprint density at radius 3 is 2.27 bits per heavy atom. The summed E-state index contributed by atoms with van der Waals surface area (Å²) >= 11 is 0. The minimum absolute atomic E-state index is 0.0204. The van der Waals surface area contributed by atoms with Gasteiger partial charge in [0.15, 0.2) is 0 Å². The molecule has 0 aromatic heterocycles. The normalized spacial score (nSPS) is 15.0. The number of anilines is 1. The first kappa shape index (κ1) is 18.1. The fraction of sp³-hybridized carbons (Fsp3) is 0.333. The van der Waals surface area contributed by atoms with E-state index in [1.807, 2.05) is 26.0 Å². The van der Waals surface area contributed by atoms with Crippen LogP contribution in [0, 0.1) is 25.6 Å². The summed E-state index contributed by atoms with van der Waals surface area (Å²) in [5.41, 5.74) is 3.10. The number of hydrogen-bond donors (Lipinski definition) is 1. The van der Waals surface area contributed by atoms with Gasteiger partial charge in [-0.1, -0.05) is 18.2 Å². The van der Waals surface area contributed by atoms with Gasteiger partial charge in [-0.25, -0.2) is 4.39 Å². The number of halogens is 1. The molecule has 1 heterocycles. The predicted octanol–water partition coefficient (Wildman–Crippen LogP) is 3.93. The van der Waals surface area contributed by atoms with Crippen LogP contribution in [0.2, 0.25) is 0 Å². The molecular formula is C21H23FN2O2. The molecule has 1 aliphatic rings. The van der Waals surface area contributed by atoms with Crippen LogP contribution in [0.1, 0.15) is 34.3 Å². The standard InChI is InChI=1S/C21H23FN2O2/c1-14-11-15(2)13-17(12-14)23-20(25)16-7-9-24(10-8-16)21(26)18-5-3-4-6-19(18)22/h3-6,11-13,16H,7-10H2,1-2H3,(H,23,25). The number of hydrogen-bond acceptors (Lipinski definition) is 2. The number of carbonyl (C=O) groups is 2. The van der Waals surface area contributed by atoms with Crippen molar-refractivity contribution in [2.24, 2.45) is 5.92 Å². The Labute approximate surface area is 153 Å². The monoisotopic (exact) mass is 354 g/mol. The predicted molar refractivity (Wildman–Crippen MR) is 99.6 cm³/mol. The maximum Gasteiger partial charge on any atom is 0.256 e. The summed E-state index contributed by atoms with van der Waals surface area (Å²) in [6.07, 6.45) is 1.16. The van der Waals surface area contributed by atoms with Crippen LogP contribution in [-0.4, -0.2) is 29.8 Å². The lowest BCUT2D eigenvalue weighted by Crippen LogP contribution is -2.41. The van der Waals surface area contributed by atoms with Crippen LogP contribution in [0.25, 0.3) is 0 Å². The highest BCUT2D eigenvalue weighted by Gasteiger charge is 2.28. The van der Waals surface area contributed by atoms with E-state index in [0.29, 0.717) is 25.9 Å². The van der Waals surface area contributed by atoms with Crippen LogP contribution in [0.4, 0.5) is 10.1 Å². The van der Waals surface area contributed by atoms with E-state index in [9.17, 15) is 14.0 Å². The molecule has 1 aliphatic heterocycles. The lowest BCUT2D eigenvalue weighted by molar-refractivity contribution is -0.121. The molecular weight excluding hydrogens is 331 g/mol. The van der Waals surface area contributed by atoms with Gasteiger partial charge in [0.05, 0.1) is 5.56 Å².